The van der Waals surface area contributed by atoms with Gasteiger partial charge >= 0.3 is 0 Å². The van der Waals surface area contributed by atoms with E-state index in [0.29, 0.717) is 18.8 Å². The number of anilines is 1. The molecule has 1 rings (SSSR count). The number of benzene rings is 1. The average molecular weight is 247 g/mol. The lowest BCUT2D eigenvalue weighted by Gasteiger charge is -2.22. The minimum Gasteiger partial charge on any atom is -1.00 e. The van der Waals surface area contributed by atoms with Crippen molar-refractivity contribution in [3.8, 4) is 0 Å². The standard InChI is InChI=1S/C10H14N2O3.ClH/c13-7-5-12(6-8-14)10-3-1-9(11-15)2-4-10;/h1-4,13-14H,5-8H2;1H. The van der Waals surface area contributed by atoms with Crippen molar-refractivity contribution in [2.45, 2.75) is 0 Å². The molecule has 3 N–H and O–H groups in total. The van der Waals surface area contributed by atoms with Gasteiger partial charge in [-0.1, -0.05) is 0 Å². The summed E-state index contributed by atoms with van der Waals surface area (Å²) in [7, 11) is 0. The van der Waals surface area contributed by atoms with Crippen LogP contribution in [0.2, 0.25) is 0 Å². The highest BCUT2D eigenvalue weighted by Gasteiger charge is 2.06. The van der Waals surface area contributed by atoms with Gasteiger partial charge in [-0.3, -0.25) is 0 Å². The molecule has 0 fully saturated rings. The zero-order valence-electron chi connectivity index (χ0n) is 8.77. The van der Waals surface area contributed by atoms with Crippen molar-refractivity contribution in [2.24, 2.45) is 0 Å². The molecule has 0 unspecified atom stereocenters. The van der Waals surface area contributed by atoms with Crippen molar-refractivity contribution < 1.29 is 27.8 Å². The Morgan fingerprint density at radius 2 is 1.56 bits per heavy atom. The van der Waals surface area contributed by atoms with Crippen molar-refractivity contribution in [1.29, 1.82) is 0 Å². The molecule has 0 atom stereocenters. The summed E-state index contributed by atoms with van der Waals surface area (Å²) in [6.07, 6.45) is 0. The third kappa shape index (κ3) is 4.14. The molecule has 0 amide bonds. The van der Waals surface area contributed by atoms with Crippen LogP contribution in [0.4, 0.5) is 11.4 Å². The minimum atomic E-state index is 0. The van der Waals surface area contributed by atoms with E-state index in [1.54, 1.807) is 29.4 Å². The quantitative estimate of drug-likeness (QED) is 0.478. The number of hydrogen-bond donors (Lipinski definition) is 3. The molecular weight excluding hydrogens is 232 g/mol. The number of aliphatic hydroxyl groups excluding tert-OH is 2. The largest absolute Gasteiger partial charge is 1.00 e. The zero-order chi connectivity index (χ0) is 11.1. The molecule has 6 heteroatoms. The number of rotatable bonds is 6. The predicted octanol–water partition coefficient (Wildman–Crippen LogP) is -4.04. The van der Waals surface area contributed by atoms with E-state index < -0.39 is 0 Å². The first-order chi connectivity index (χ1) is 7.31. The summed E-state index contributed by atoms with van der Waals surface area (Å²) in [4.78, 5) is 12.2. The number of aliphatic hydroxyl groups is 2. The van der Waals surface area contributed by atoms with Gasteiger partial charge in [-0.15, -0.1) is 0 Å². The van der Waals surface area contributed by atoms with Crippen molar-refractivity contribution in [1.82, 2.24) is 0 Å². The molecule has 0 saturated carbocycles. The highest BCUT2D eigenvalue weighted by Crippen LogP contribution is 2.14. The second kappa shape index (κ2) is 8.04. The Hall–Kier alpha value is -1.17. The van der Waals surface area contributed by atoms with Gasteiger partial charge in [-0.25, -0.2) is 0 Å². The van der Waals surface area contributed by atoms with E-state index in [1.807, 2.05) is 4.90 Å². The summed E-state index contributed by atoms with van der Waals surface area (Å²) in [5, 5.41) is 19.5. The van der Waals surface area contributed by atoms with Crippen LogP contribution in [0.3, 0.4) is 0 Å². The van der Waals surface area contributed by atoms with Crippen LogP contribution in [0.5, 0.6) is 0 Å². The van der Waals surface area contributed by atoms with Crippen molar-refractivity contribution in [3.05, 3.63) is 29.2 Å². The normalized spacial score (nSPS) is 9.38. The van der Waals surface area contributed by atoms with E-state index in [4.69, 9.17) is 10.2 Å². The lowest BCUT2D eigenvalue weighted by Crippen LogP contribution is -3.00. The monoisotopic (exact) mass is 246 g/mol. The average Bonchev–Trinajstić information content (AvgIpc) is 2.29. The number of nitrogens with one attached hydrogen (secondary N) is 1. The Morgan fingerprint density at radius 1 is 1.06 bits per heavy atom. The molecule has 5 nitrogen and oxygen atoms in total. The van der Waals surface area contributed by atoms with Gasteiger partial charge in [0.1, 0.15) is 0 Å². The van der Waals surface area contributed by atoms with Gasteiger partial charge in [0, 0.05) is 41.0 Å². The smallest absolute Gasteiger partial charge is 0.253 e. The van der Waals surface area contributed by atoms with Gasteiger partial charge in [-0.05, 0) is 12.1 Å². The summed E-state index contributed by atoms with van der Waals surface area (Å²) in [5.74, 6) is 0. The van der Waals surface area contributed by atoms with Gasteiger partial charge in [0.25, 0.3) is 5.69 Å². The molecule has 0 heterocycles. The van der Waals surface area contributed by atoms with Crippen LogP contribution in [-0.4, -0.2) is 36.5 Å². The number of nitroso groups, excluding NO2 is 1. The summed E-state index contributed by atoms with van der Waals surface area (Å²) in [6, 6.07) is 6.85. The molecule has 0 spiro atoms. The Bertz CT molecular complexity index is 299. The van der Waals surface area contributed by atoms with E-state index in [9.17, 15) is 4.91 Å². The van der Waals surface area contributed by atoms with Crippen LogP contribution >= 0.6 is 0 Å². The van der Waals surface area contributed by atoms with Gasteiger partial charge in [0.05, 0.1) is 13.2 Å². The molecule has 0 aliphatic rings. The van der Waals surface area contributed by atoms with Gasteiger partial charge < -0.3 is 27.5 Å². The first-order valence-electron chi connectivity index (χ1n) is 4.76. The third-order valence-electron chi connectivity index (χ3n) is 2.09. The van der Waals surface area contributed by atoms with E-state index in [2.05, 4.69) is 0 Å². The SMILES string of the molecule is O=[NH+]c1ccc(N(CCO)CCO)cc1.[Cl-]. The maximum atomic E-state index is 10.3. The van der Waals surface area contributed by atoms with Crippen molar-refractivity contribution >= 4 is 11.4 Å². The van der Waals surface area contributed by atoms with E-state index in [1.165, 1.54) is 0 Å². The molecule has 1 aromatic carbocycles. The Morgan fingerprint density at radius 3 is 1.94 bits per heavy atom. The van der Waals surface area contributed by atoms with Crippen molar-refractivity contribution in [3.63, 3.8) is 0 Å². The van der Waals surface area contributed by atoms with Crippen LogP contribution in [0.1, 0.15) is 0 Å². The number of hydrogen-bond acceptors (Lipinski definition) is 4. The summed E-state index contributed by atoms with van der Waals surface area (Å²) in [5.41, 5.74) is 1.36. The molecule has 0 bridgehead atoms. The molecule has 0 aliphatic heterocycles. The number of halogens is 1. The summed E-state index contributed by atoms with van der Waals surface area (Å²) in [6.45, 7) is 0.985. The second-order valence-electron chi connectivity index (χ2n) is 3.08. The predicted molar refractivity (Wildman–Crippen MR) is 56.8 cm³/mol. The minimum absolute atomic E-state index is 0. The van der Waals surface area contributed by atoms with Crippen LogP contribution in [0, 0.1) is 4.91 Å². The van der Waals surface area contributed by atoms with E-state index in [0.717, 1.165) is 5.69 Å². The lowest BCUT2D eigenvalue weighted by atomic mass is 10.2. The number of nitrogens with zero attached hydrogens (tertiary/aromatic N) is 1. The fraction of sp³-hybridized carbons (Fsp3) is 0.400. The molecular formula is C10H15ClN2O3. The molecule has 0 aromatic heterocycles. The Balaban J connectivity index is 0.00000225. The van der Waals surface area contributed by atoms with Crippen LogP contribution in [0.15, 0.2) is 24.3 Å². The van der Waals surface area contributed by atoms with Crippen LogP contribution in [0.25, 0.3) is 0 Å². The van der Waals surface area contributed by atoms with Crippen LogP contribution < -0.4 is 22.5 Å². The molecule has 0 saturated heterocycles. The highest BCUT2D eigenvalue weighted by atomic mass is 35.5. The summed E-state index contributed by atoms with van der Waals surface area (Å²) < 4.78 is 0. The van der Waals surface area contributed by atoms with Crippen LogP contribution in [-0.2, 0) is 0 Å². The fourth-order valence-corrected chi connectivity index (χ4v) is 1.35. The highest BCUT2D eigenvalue weighted by molar-refractivity contribution is 5.50. The molecule has 1 aromatic rings. The molecule has 16 heavy (non-hydrogen) atoms. The molecule has 0 radical (unpaired) electrons. The topological polar surface area (TPSA) is 74.7 Å². The lowest BCUT2D eigenvalue weighted by molar-refractivity contribution is -0.379. The first-order valence-corrected chi connectivity index (χ1v) is 4.76. The van der Waals surface area contributed by atoms with E-state index >= 15 is 0 Å². The third-order valence-corrected chi connectivity index (χ3v) is 2.09. The van der Waals surface area contributed by atoms with E-state index in [-0.39, 0.29) is 25.6 Å². The fourth-order valence-electron chi connectivity index (χ4n) is 1.35. The summed E-state index contributed by atoms with van der Waals surface area (Å²) >= 11 is 0. The Kier molecular flexibility index (Phi) is 7.45. The maximum Gasteiger partial charge on any atom is 0.253 e. The van der Waals surface area contributed by atoms with Crippen molar-refractivity contribution in [2.75, 3.05) is 31.2 Å². The van der Waals surface area contributed by atoms with Gasteiger partial charge in [0.15, 0.2) is 0 Å². The Labute approximate surface area is 100 Å². The van der Waals surface area contributed by atoms with Gasteiger partial charge in [-0.2, -0.15) is 0 Å². The van der Waals surface area contributed by atoms with Gasteiger partial charge in [0.2, 0.25) is 0 Å². The zero-order valence-corrected chi connectivity index (χ0v) is 9.52. The maximum absolute atomic E-state index is 10.3. The molecule has 0 aliphatic carbocycles. The second-order valence-corrected chi connectivity index (χ2v) is 3.08. The molecule has 90 valence electrons. The first kappa shape index (κ1) is 14.8.